The highest BCUT2D eigenvalue weighted by atomic mass is 19.1. The average Bonchev–Trinajstić information content (AvgIpc) is 4.10. The molecule has 2 saturated heterocycles. The first-order valence-corrected chi connectivity index (χ1v) is 18.9. The van der Waals surface area contributed by atoms with E-state index in [1.165, 1.54) is 49.9 Å². The van der Waals surface area contributed by atoms with Gasteiger partial charge in [0.05, 0.1) is 25.3 Å². The first kappa shape index (κ1) is 36.0. The second-order valence-corrected chi connectivity index (χ2v) is 14.6. The molecule has 8 heteroatoms. The fourth-order valence-corrected chi connectivity index (χ4v) is 7.36. The molecule has 0 radical (unpaired) electrons. The van der Waals surface area contributed by atoms with Gasteiger partial charge in [-0.1, -0.05) is 84.9 Å². The van der Waals surface area contributed by atoms with Crippen LogP contribution in [-0.2, 0) is 19.1 Å². The number of carbonyl (C=O) groups is 2. The van der Waals surface area contributed by atoms with Crippen LogP contribution in [0.25, 0.3) is 0 Å². The number of carbonyl (C=O) groups excluding carboxylic acids is 2. The fraction of sp³-hybridized carbons (Fsp3) is 0.409. The predicted molar refractivity (Wildman–Crippen MR) is 196 cm³/mol. The maximum absolute atomic E-state index is 13.5. The quantitative estimate of drug-likeness (QED) is 0.131. The lowest BCUT2D eigenvalue weighted by atomic mass is 9.94. The van der Waals surface area contributed by atoms with E-state index in [1.54, 1.807) is 24.3 Å². The largest absolute Gasteiger partial charge is 0.371 e. The summed E-state index contributed by atoms with van der Waals surface area (Å²) in [5.41, 5.74) is 3.96. The number of halogens is 2. The van der Waals surface area contributed by atoms with E-state index < -0.39 is 0 Å². The molecule has 0 aromatic heterocycles. The van der Waals surface area contributed by atoms with Crippen LogP contribution < -0.4 is 0 Å². The van der Waals surface area contributed by atoms with E-state index >= 15 is 0 Å². The van der Waals surface area contributed by atoms with Crippen molar-refractivity contribution in [3.8, 4) is 0 Å². The normalized spacial score (nSPS) is 19.6. The molecule has 0 spiro atoms. The molecular weight excluding hydrogens is 658 g/mol. The minimum Gasteiger partial charge on any atom is -0.371 e. The molecule has 4 aromatic rings. The van der Waals surface area contributed by atoms with Gasteiger partial charge in [0.2, 0.25) is 11.8 Å². The zero-order chi connectivity index (χ0) is 35.9. The number of hydrogen-bond acceptors (Lipinski definition) is 4. The van der Waals surface area contributed by atoms with Gasteiger partial charge in [-0.2, -0.15) is 0 Å². The van der Waals surface area contributed by atoms with Crippen LogP contribution in [0.15, 0.2) is 109 Å². The number of likely N-dealkylation sites (tertiary alicyclic amines) is 2. The van der Waals surface area contributed by atoms with Crippen LogP contribution in [0, 0.1) is 23.5 Å². The molecule has 0 N–H and O–H groups in total. The summed E-state index contributed by atoms with van der Waals surface area (Å²) in [7, 11) is 0. The minimum atomic E-state index is -0.291. The molecule has 0 unspecified atom stereocenters. The first-order valence-electron chi connectivity index (χ1n) is 18.9. The standard InChI is InChI=1S/2C22H24FNO2/c2*23-19-12-10-18(11-13-19)22(26-15-16-8-9-16)21(17-5-2-1-3-6-17)24-14-4-7-20(24)25/h2*1-3,5-6,10-13,16,21-22H,4,7-9,14-15H2/t2*21-,22+/m10/s1. The second-order valence-electron chi connectivity index (χ2n) is 14.6. The second kappa shape index (κ2) is 17.0. The highest BCUT2D eigenvalue weighted by molar-refractivity contribution is 5.79. The third-order valence-electron chi connectivity index (χ3n) is 10.6. The highest BCUT2D eigenvalue weighted by Crippen LogP contribution is 2.43. The van der Waals surface area contributed by atoms with Crippen LogP contribution in [0.2, 0.25) is 0 Å². The molecule has 2 amide bonds. The van der Waals surface area contributed by atoms with Crippen LogP contribution in [0.3, 0.4) is 0 Å². The van der Waals surface area contributed by atoms with Crippen molar-refractivity contribution in [1.82, 2.24) is 9.80 Å². The number of rotatable bonds is 14. The molecule has 4 fully saturated rings. The van der Waals surface area contributed by atoms with Gasteiger partial charge in [0.25, 0.3) is 0 Å². The zero-order valence-electron chi connectivity index (χ0n) is 29.6. The first-order chi connectivity index (χ1) is 25.4. The van der Waals surface area contributed by atoms with Crippen molar-refractivity contribution in [3.05, 3.63) is 143 Å². The van der Waals surface area contributed by atoms with Crippen molar-refractivity contribution in [3.63, 3.8) is 0 Å². The van der Waals surface area contributed by atoms with Gasteiger partial charge in [-0.25, -0.2) is 8.78 Å². The summed E-state index contributed by atoms with van der Waals surface area (Å²) in [6, 6.07) is 32.7. The van der Waals surface area contributed by atoms with Crippen LogP contribution in [0.5, 0.6) is 0 Å². The number of ether oxygens (including phenoxy) is 2. The lowest BCUT2D eigenvalue weighted by Gasteiger charge is -2.35. The Hall–Kier alpha value is -4.40. The summed E-state index contributed by atoms with van der Waals surface area (Å²) in [6.45, 7) is 2.85. The predicted octanol–water partition coefficient (Wildman–Crippen LogP) is 9.31. The van der Waals surface area contributed by atoms with Gasteiger partial charge in [0.1, 0.15) is 23.8 Å². The monoisotopic (exact) mass is 706 g/mol. The Kier molecular flexibility index (Phi) is 11.7. The number of hydrogen-bond donors (Lipinski definition) is 0. The Morgan fingerprint density at radius 2 is 0.885 bits per heavy atom. The summed E-state index contributed by atoms with van der Waals surface area (Å²) in [4.78, 5) is 29.0. The SMILES string of the molecule is O=C1CCCN1[C@@H](c1ccccc1)[C@H](OCC1CC1)c1ccc(F)cc1.O=C1CCCN1[C@H](c1ccccc1)[C@@H](OCC1CC1)c1ccc(F)cc1. The highest BCUT2D eigenvalue weighted by Gasteiger charge is 2.39. The fourth-order valence-electron chi connectivity index (χ4n) is 7.36. The Balaban J connectivity index is 0.000000162. The molecule has 4 atom stereocenters. The number of nitrogens with zero attached hydrogens (tertiary/aromatic N) is 2. The van der Waals surface area contributed by atoms with Crippen LogP contribution in [0.1, 0.15) is 97.9 Å². The summed E-state index contributed by atoms with van der Waals surface area (Å²) >= 11 is 0. The lowest BCUT2D eigenvalue weighted by molar-refractivity contribution is -0.134. The van der Waals surface area contributed by atoms with Gasteiger partial charge >= 0.3 is 0 Å². The molecule has 6 nitrogen and oxygen atoms in total. The Bertz CT molecular complexity index is 1620. The van der Waals surface area contributed by atoms with Crippen molar-refractivity contribution in [1.29, 1.82) is 0 Å². The summed E-state index contributed by atoms with van der Waals surface area (Å²) in [6.07, 6.45) is 7.15. The Labute approximate surface area is 305 Å². The maximum Gasteiger partial charge on any atom is 0.223 e. The summed E-state index contributed by atoms with van der Waals surface area (Å²) in [5.74, 6) is 1.04. The molecule has 4 aromatic carbocycles. The molecule has 2 aliphatic heterocycles. The molecule has 2 heterocycles. The molecule has 2 saturated carbocycles. The third-order valence-corrected chi connectivity index (χ3v) is 10.6. The van der Waals surface area contributed by atoms with E-state index in [0.29, 0.717) is 37.9 Å². The van der Waals surface area contributed by atoms with E-state index in [1.807, 2.05) is 70.5 Å². The average molecular weight is 707 g/mol. The van der Waals surface area contributed by atoms with Gasteiger partial charge in [0.15, 0.2) is 0 Å². The van der Waals surface area contributed by atoms with Gasteiger partial charge in [-0.3, -0.25) is 9.59 Å². The van der Waals surface area contributed by atoms with E-state index in [4.69, 9.17) is 9.47 Å². The molecular formula is C44H48F2N2O4. The van der Waals surface area contributed by atoms with Crippen molar-refractivity contribution in [2.45, 2.75) is 75.7 Å². The molecule has 272 valence electrons. The van der Waals surface area contributed by atoms with Crippen LogP contribution in [0.4, 0.5) is 8.78 Å². The molecule has 8 rings (SSSR count). The Morgan fingerprint density at radius 3 is 1.19 bits per heavy atom. The van der Waals surface area contributed by atoms with Gasteiger partial charge in [0, 0.05) is 25.9 Å². The van der Waals surface area contributed by atoms with Crippen molar-refractivity contribution in [2.24, 2.45) is 11.8 Å². The van der Waals surface area contributed by atoms with Crippen molar-refractivity contribution in [2.75, 3.05) is 26.3 Å². The molecule has 4 aliphatic rings. The summed E-state index contributed by atoms with van der Waals surface area (Å²) in [5, 5.41) is 0. The molecule has 0 bridgehead atoms. The van der Waals surface area contributed by atoms with Crippen LogP contribution >= 0.6 is 0 Å². The maximum atomic E-state index is 13.5. The smallest absolute Gasteiger partial charge is 0.223 e. The zero-order valence-corrected chi connectivity index (χ0v) is 29.6. The van der Waals surface area contributed by atoms with Crippen molar-refractivity contribution >= 4 is 11.8 Å². The van der Waals surface area contributed by atoms with Crippen LogP contribution in [-0.4, -0.2) is 47.9 Å². The number of benzene rings is 4. The molecule has 52 heavy (non-hydrogen) atoms. The Morgan fingerprint density at radius 1 is 0.519 bits per heavy atom. The van der Waals surface area contributed by atoms with E-state index in [9.17, 15) is 18.4 Å². The third kappa shape index (κ3) is 9.14. The van der Waals surface area contributed by atoms with Gasteiger partial charge in [-0.15, -0.1) is 0 Å². The summed E-state index contributed by atoms with van der Waals surface area (Å²) < 4.78 is 39.6. The van der Waals surface area contributed by atoms with E-state index in [2.05, 4.69) is 0 Å². The van der Waals surface area contributed by atoms with Crippen molar-refractivity contribution < 1.29 is 27.8 Å². The van der Waals surface area contributed by atoms with Gasteiger partial charge in [-0.05, 0) is 96.9 Å². The van der Waals surface area contributed by atoms with Gasteiger partial charge < -0.3 is 19.3 Å². The van der Waals surface area contributed by atoms with E-state index in [-0.39, 0.29) is 47.7 Å². The van der Waals surface area contributed by atoms with E-state index in [0.717, 1.165) is 48.2 Å². The lowest BCUT2D eigenvalue weighted by Crippen LogP contribution is -2.35. The topological polar surface area (TPSA) is 59.1 Å². The minimum absolute atomic E-state index is 0.168. The molecule has 2 aliphatic carbocycles. The number of amides is 2.